The van der Waals surface area contributed by atoms with Gasteiger partial charge in [0.25, 0.3) is 0 Å². The van der Waals surface area contributed by atoms with Crippen LogP contribution in [0.4, 0.5) is 0 Å². The van der Waals surface area contributed by atoms with Gasteiger partial charge in [0.1, 0.15) is 5.60 Å². The SMILES string of the molecule is CCC(C)(CC)C(=O)OC(C)(C)C1CCC(C)CC1. The highest BCUT2D eigenvalue weighted by atomic mass is 16.6. The number of hydrogen-bond acceptors (Lipinski definition) is 2. The van der Waals surface area contributed by atoms with Crippen LogP contribution in [0.15, 0.2) is 0 Å². The minimum Gasteiger partial charge on any atom is -0.459 e. The molecule has 1 fully saturated rings. The van der Waals surface area contributed by atoms with Crippen LogP contribution in [0.25, 0.3) is 0 Å². The molecule has 0 N–H and O–H groups in total. The molecule has 0 aromatic carbocycles. The zero-order valence-corrected chi connectivity index (χ0v) is 13.7. The molecule has 0 aromatic rings. The average molecular weight is 268 g/mol. The molecule has 1 aliphatic rings. The summed E-state index contributed by atoms with van der Waals surface area (Å²) in [6, 6.07) is 0. The Morgan fingerprint density at radius 3 is 1.95 bits per heavy atom. The maximum absolute atomic E-state index is 12.4. The highest BCUT2D eigenvalue weighted by molar-refractivity contribution is 5.76. The molecule has 0 radical (unpaired) electrons. The van der Waals surface area contributed by atoms with Crippen molar-refractivity contribution in [3.8, 4) is 0 Å². The predicted octanol–water partition coefficient (Wildman–Crippen LogP) is 4.96. The fraction of sp³-hybridized carbons (Fsp3) is 0.941. The van der Waals surface area contributed by atoms with Crippen molar-refractivity contribution in [3.63, 3.8) is 0 Å². The molecule has 0 heterocycles. The molecule has 0 bridgehead atoms. The number of carbonyl (C=O) groups excluding carboxylic acids is 1. The second kappa shape index (κ2) is 6.28. The molecule has 0 unspecified atom stereocenters. The molecule has 1 saturated carbocycles. The van der Waals surface area contributed by atoms with Crippen LogP contribution in [-0.2, 0) is 9.53 Å². The fourth-order valence-electron chi connectivity index (χ4n) is 2.94. The van der Waals surface area contributed by atoms with Gasteiger partial charge in [0, 0.05) is 0 Å². The number of ether oxygens (including phenoxy) is 1. The Bertz CT molecular complexity index is 294. The van der Waals surface area contributed by atoms with Gasteiger partial charge in [-0.2, -0.15) is 0 Å². The lowest BCUT2D eigenvalue weighted by molar-refractivity contribution is -0.175. The van der Waals surface area contributed by atoms with Crippen LogP contribution in [0.1, 0.15) is 80.1 Å². The van der Waals surface area contributed by atoms with E-state index < -0.39 is 0 Å². The van der Waals surface area contributed by atoms with E-state index in [0.29, 0.717) is 5.92 Å². The van der Waals surface area contributed by atoms with Gasteiger partial charge in [-0.25, -0.2) is 0 Å². The van der Waals surface area contributed by atoms with Gasteiger partial charge < -0.3 is 4.74 Å². The number of esters is 1. The Kier molecular flexibility index (Phi) is 5.46. The normalized spacial score (nSPS) is 25.2. The van der Waals surface area contributed by atoms with E-state index in [2.05, 4.69) is 34.6 Å². The third-order valence-electron chi connectivity index (χ3n) is 5.41. The molecule has 0 amide bonds. The van der Waals surface area contributed by atoms with Crippen LogP contribution < -0.4 is 0 Å². The van der Waals surface area contributed by atoms with Crippen LogP contribution in [0.5, 0.6) is 0 Å². The lowest BCUT2D eigenvalue weighted by Gasteiger charge is -2.40. The van der Waals surface area contributed by atoms with Crippen LogP contribution >= 0.6 is 0 Å². The third-order valence-corrected chi connectivity index (χ3v) is 5.41. The van der Waals surface area contributed by atoms with Gasteiger partial charge >= 0.3 is 5.97 Å². The van der Waals surface area contributed by atoms with E-state index in [-0.39, 0.29) is 17.0 Å². The molecule has 0 aliphatic heterocycles. The Labute approximate surface area is 119 Å². The first-order valence-corrected chi connectivity index (χ1v) is 7.98. The average Bonchev–Trinajstić information content (AvgIpc) is 2.37. The van der Waals surface area contributed by atoms with E-state index in [1.165, 1.54) is 25.7 Å². The van der Waals surface area contributed by atoms with E-state index in [1.54, 1.807) is 0 Å². The summed E-state index contributed by atoms with van der Waals surface area (Å²) in [5.41, 5.74) is -0.637. The Balaban J connectivity index is 2.66. The summed E-state index contributed by atoms with van der Waals surface area (Å²) in [6.07, 6.45) is 6.61. The van der Waals surface area contributed by atoms with Gasteiger partial charge in [-0.3, -0.25) is 4.79 Å². The minimum atomic E-state index is -0.320. The molecular weight excluding hydrogens is 236 g/mol. The molecule has 0 saturated heterocycles. The minimum absolute atomic E-state index is 0.0129. The topological polar surface area (TPSA) is 26.3 Å². The quantitative estimate of drug-likeness (QED) is 0.659. The Hall–Kier alpha value is -0.530. The van der Waals surface area contributed by atoms with E-state index in [1.807, 2.05) is 6.92 Å². The van der Waals surface area contributed by atoms with Crippen LogP contribution in [0.3, 0.4) is 0 Å². The lowest BCUT2D eigenvalue weighted by atomic mass is 9.75. The summed E-state index contributed by atoms with van der Waals surface area (Å²) < 4.78 is 5.92. The van der Waals surface area contributed by atoms with Crippen LogP contribution in [-0.4, -0.2) is 11.6 Å². The highest BCUT2D eigenvalue weighted by Gasteiger charge is 2.40. The van der Waals surface area contributed by atoms with E-state index >= 15 is 0 Å². The van der Waals surface area contributed by atoms with Gasteiger partial charge in [-0.15, -0.1) is 0 Å². The van der Waals surface area contributed by atoms with Crippen molar-refractivity contribution in [3.05, 3.63) is 0 Å². The Morgan fingerprint density at radius 1 is 1.05 bits per heavy atom. The maximum Gasteiger partial charge on any atom is 0.312 e. The van der Waals surface area contributed by atoms with Crippen LogP contribution in [0, 0.1) is 17.3 Å². The first-order chi connectivity index (χ1) is 8.75. The fourth-order valence-corrected chi connectivity index (χ4v) is 2.94. The van der Waals surface area contributed by atoms with Crippen molar-refractivity contribution in [1.82, 2.24) is 0 Å². The van der Waals surface area contributed by atoms with Crippen molar-refractivity contribution in [1.29, 1.82) is 0 Å². The van der Waals surface area contributed by atoms with E-state index in [0.717, 1.165) is 18.8 Å². The number of rotatable bonds is 5. The van der Waals surface area contributed by atoms with E-state index in [9.17, 15) is 4.79 Å². The standard InChI is InChI=1S/C17H32O2/c1-7-17(6,8-2)15(18)19-16(4,5)14-11-9-13(3)10-12-14/h13-14H,7-12H2,1-6H3. The lowest BCUT2D eigenvalue weighted by Crippen LogP contribution is -2.42. The first kappa shape index (κ1) is 16.5. The van der Waals surface area contributed by atoms with Crippen molar-refractivity contribution >= 4 is 5.97 Å². The first-order valence-electron chi connectivity index (χ1n) is 7.98. The summed E-state index contributed by atoms with van der Waals surface area (Å²) in [5, 5.41) is 0. The zero-order valence-electron chi connectivity index (χ0n) is 13.7. The molecule has 2 nitrogen and oxygen atoms in total. The van der Waals surface area contributed by atoms with Gasteiger partial charge in [-0.1, -0.05) is 33.6 Å². The predicted molar refractivity (Wildman–Crippen MR) is 80.0 cm³/mol. The molecule has 2 heteroatoms. The van der Waals surface area contributed by atoms with Crippen molar-refractivity contribution < 1.29 is 9.53 Å². The van der Waals surface area contributed by atoms with Gasteiger partial charge in [-0.05, 0) is 58.3 Å². The smallest absolute Gasteiger partial charge is 0.312 e. The molecule has 1 rings (SSSR count). The molecular formula is C17H32O2. The zero-order chi connectivity index (χ0) is 14.7. The molecule has 0 atom stereocenters. The number of hydrogen-bond donors (Lipinski definition) is 0. The summed E-state index contributed by atoms with van der Waals surface area (Å²) in [4.78, 5) is 12.4. The molecule has 0 spiro atoms. The summed E-state index contributed by atoms with van der Waals surface area (Å²) in [6.45, 7) is 12.7. The Morgan fingerprint density at radius 2 is 1.53 bits per heavy atom. The second-order valence-corrected chi connectivity index (χ2v) is 7.22. The molecule has 112 valence electrons. The van der Waals surface area contributed by atoms with Crippen molar-refractivity contribution in [2.75, 3.05) is 0 Å². The van der Waals surface area contributed by atoms with E-state index in [4.69, 9.17) is 4.74 Å². The largest absolute Gasteiger partial charge is 0.459 e. The molecule has 0 aromatic heterocycles. The molecule has 1 aliphatic carbocycles. The van der Waals surface area contributed by atoms with Gasteiger partial charge in [0.15, 0.2) is 0 Å². The molecule has 19 heavy (non-hydrogen) atoms. The third kappa shape index (κ3) is 3.97. The number of carbonyl (C=O) groups is 1. The highest BCUT2D eigenvalue weighted by Crippen LogP contribution is 2.39. The monoisotopic (exact) mass is 268 g/mol. The summed E-state index contributed by atoms with van der Waals surface area (Å²) in [5.74, 6) is 1.34. The van der Waals surface area contributed by atoms with Crippen molar-refractivity contribution in [2.24, 2.45) is 17.3 Å². The van der Waals surface area contributed by atoms with Crippen molar-refractivity contribution in [2.45, 2.75) is 85.7 Å². The van der Waals surface area contributed by atoms with Crippen LogP contribution in [0.2, 0.25) is 0 Å². The van der Waals surface area contributed by atoms with Gasteiger partial charge in [0.2, 0.25) is 0 Å². The second-order valence-electron chi connectivity index (χ2n) is 7.22. The summed E-state index contributed by atoms with van der Waals surface area (Å²) in [7, 11) is 0. The van der Waals surface area contributed by atoms with Gasteiger partial charge in [0.05, 0.1) is 5.41 Å². The summed E-state index contributed by atoms with van der Waals surface area (Å²) >= 11 is 0. The maximum atomic E-state index is 12.4.